The summed E-state index contributed by atoms with van der Waals surface area (Å²) in [6.45, 7) is 5.13. The van der Waals surface area contributed by atoms with Gasteiger partial charge >= 0.3 is 5.97 Å². The molecule has 5 nitrogen and oxygen atoms in total. The summed E-state index contributed by atoms with van der Waals surface area (Å²) in [6.07, 6.45) is 0.141. The van der Waals surface area contributed by atoms with Gasteiger partial charge in [0.25, 0.3) is 5.91 Å². The van der Waals surface area contributed by atoms with Crippen LogP contribution < -0.4 is 5.32 Å². The highest BCUT2D eigenvalue weighted by molar-refractivity contribution is 5.93. The summed E-state index contributed by atoms with van der Waals surface area (Å²) in [6, 6.07) is 7.50. The van der Waals surface area contributed by atoms with E-state index in [-0.39, 0.29) is 37.1 Å². The Bertz CT molecular complexity index is 523. The molecule has 0 saturated carbocycles. The molecule has 0 fully saturated rings. The van der Waals surface area contributed by atoms with Crippen molar-refractivity contribution in [1.82, 2.24) is 0 Å². The Labute approximate surface area is 124 Å². The molecule has 0 unspecified atom stereocenters. The van der Waals surface area contributed by atoms with Gasteiger partial charge in [-0.05, 0) is 24.5 Å². The Balaban J connectivity index is 2.47. The number of benzene rings is 1. The van der Waals surface area contributed by atoms with Crippen LogP contribution in [0.5, 0.6) is 0 Å². The number of rotatable bonds is 7. The van der Waals surface area contributed by atoms with E-state index < -0.39 is 5.97 Å². The normalized spacial score (nSPS) is 10.3. The van der Waals surface area contributed by atoms with Crippen LogP contribution in [0.4, 0.5) is 5.69 Å². The Morgan fingerprint density at radius 3 is 2.43 bits per heavy atom. The molecule has 1 N–H and O–H groups in total. The molecule has 0 saturated heterocycles. The number of ether oxygens (including phenoxy) is 1. The third-order valence-electron chi connectivity index (χ3n) is 2.90. The quantitative estimate of drug-likeness (QED) is 0.784. The summed E-state index contributed by atoms with van der Waals surface area (Å²) in [5, 5.41) is 2.73. The molecular weight excluding hydrogens is 270 g/mol. The molecule has 114 valence electrons. The minimum atomic E-state index is -0.544. The Morgan fingerprint density at radius 2 is 1.81 bits per heavy atom. The summed E-state index contributed by atoms with van der Waals surface area (Å²) < 4.78 is 4.82. The first kappa shape index (κ1) is 16.9. The lowest BCUT2D eigenvalue weighted by molar-refractivity contribution is -0.148. The lowest BCUT2D eigenvalue weighted by Gasteiger charge is -2.13. The maximum Gasteiger partial charge on any atom is 0.306 e. The number of ketones is 1. The maximum atomic E-state index is 11.8. The Hall–Kier alpha value is -2.17. The fourth-order valence-electron chi connectivity index (χ4n) is 1.80. The third kappa shape index (κ3) is 6.21. The zero-order valence-electron chi connectivity index (χ0n) is 12.6. The van der Waals surface area contributed by atoms with Gasteiger partial charge in [0, 0.05) is 12.1 Å². The fraction of sp³-hybridized carbons (Fsp3) is 0.438. The predicted molar refractivity (Wildman–Crippen MR) is 80.0 cm³/mol. The number of hydrogen-bond acceptors (Lipinski definition) is 4. The van der Waals surface area contributed by atoms with Crippen LogP contribution in [0.1, 0.15) is 45.1 Å². The third-order valence-corrected chi connectivity index (χ3v) is 2.90. The molecule has 0 aliphatic heterocycles. The molecule has 0 aromatic heterocycles. The topological polar surface area (TPSA) is 72.5 Å². The average Bonchev–Trinajstić information content (AvgIpc) is 2.43. The van der Waals surface area contributed by atoms with Crippen LogP contribution in [0.25, 0.3) is 0 Å². The predicted octanol–water partition coefficient (Wildman–Crippen LogP) is 2.66. The Morgan fingerprint density at radius 1 is 1.14 bits per heavy atom. The Kier molecular flexibility index (Phi) is 6.59. The van der Waals surface area contributed by atoms with Crippen molar-refractivity contribution in [3.63, 3.8) is 0 Å². The van der Waals surface area contributed by atoms with Crippen molar-refractivity contribution in [1.29, 1.82) is 0 Å². The second kappa shape index (κ2) is 8.19. The largest absolute Gasteiger partial charge is 0.456 e. The average molecular weight is 291 g/mol. The van der Waals surface area contributed by atoms with Gasteiger partial charge in [0.05, 0.1) is 6.42 Å². The van der Waals surface area contributed by atoms with Crippen LogP contribution in [0, 0.1) is 0 Å². The highest BCUT2D eigenvalue weighted by Gasteiger charge is 2.11. The second-order valence-electron chi connectivity index (χ2n) is 5.15. The van der Waals surface area contributed by atoms with Gasteiger partial charge in [-0.3, -0.25) is 9.59 Å². The second-order valence-corrected chi connectivity index (χ2v) is 5.15. The maximum absolute atomic E-state index is 11.8. The number of amides is 1. The molecule has 21 heavy (non-hydrogen) atoms. The molecule has 1 aromatic rings. The standard InChI is InChI=1S/C16H21NO4/c1-11(2)13-6-4-5-7-14(13)17-15(19)10-21-16(20)9-8-12(3)18/h4-7,11H,8-10H2,1-3H3,(H,17,19). The first-order chi connectivity index (χ1) is 9.90. The van der Waals surface area contributed by atoms with Crippen molar-refractivity contribution in [3.05, 3.63) is 29.8 Å². The number of para-hydroxylation sites is 1. The van der Waals surface area contributed by atoms with Crippen LogP contribution in [-0.2, 0) is 19.1 Å². The van der Waals surface area contributed by atoms with Gasteiger partial charge in [0.15, 0.2) is 6.61 Å². The smallest absolute Gasteiger partial charge is 0.306 e. The van der Waals surface area contributed by atoms with E-state index in [4.69, 9.17) is 4.74 Å². The first-order valence-corrected chi connectivity index (χ1v) is 6.94. The highest BCUT2D eigenvalue weighted by Crippen LogP contribution is 2.23. The van der Waals surface area contributed by atoms with Gasteiger partial charge in [0.2, 0.25) is 0 Å². The minimum Gasteiger partial charge on any atom is -0.456 e. The molecule has 0 atom stereocenters. The van der Waals surface area contributed by atoms with Gasteiger partial charge in [-0.15, -0.1) is 0 Å². The minimum absolute atomic E-state index is 0.00515. The molecule has 1 rings (SSSR count). The van der Waals surface area contributed by atoms with Gasteiger partial charge in [-0.25, -0.2) is 0 Å². The molecule has 0 radical (unpaired) electrons. The molecule has 0 bridgehead atoms. The van der Waals surface area contributed by atoms with Gasteiger partial charge in [-0.2, -0.15) is 0 Å². The van der Waals surface area contributed by atoms with Crippen molar-refractivity contribution in [2.24, 2.45) is 0 Å². The lowest BCUT2D eigenvalue weighted by Crippen LogP contribution is -2.21. The number of carbonyl (C=O) groups is 3. The van der Waals surface area contributed by atoms with E-state index >= 15 is 0 Å². The number of carbonyl (C=O) groups excluding carboxylic acids is 3. The monoisotopic (exact) mass is 291 g/mol. The van der Waals surface area contributed by atoms with Crippen LogP contribution in [0.15, 0.2) is 24.3 Å². The molecule has 0 spiro atoms. The molecule has 1 amide bonds. The zero-order valence-corrected chi connectivity index (χ0v) is 12.6. The zero-order chi connectivity index (χ0) is 15.8. The summed E-state index contributed by atoms with van der Waals surface area (Å²) in [5.41, 5.74) is 1.74. The molecule has 0 aliphatic rings. The molecule has 0 heterocycles. The van der Waals surface area contributed by atoms with E-state index in [1.54, 1.807) is 0 Å². The van der Waals surface area contributed by atoms with E-state index in [1.807, 2.05) is 38.1 Å². The summed E-state index contributed by atoms with van der Waals surface area (Å²) in [4.78, 5) is 33.8. The van der Waals surface area contributed by atoms with Gasteiger partial charge < -0.3 is 14.8 Å². The fourth-order valence-corrected chi connectivity index (χ4v) is 1.80. The van der Waals surface area contributed by atoms with E-state index in [0.717, 1.165) is 11.3 Å². The summed E-state index contributed by atoms with van der Waals surface area (Å²) >= 11 is 0. The number of hydrogen-bond donors (Lipinski definition) is 1. The highest BCUT2D eigenvalue weighted by atomic mass is 16.5. The number of Topliss-reactive ketones (excluding diaryl/α,β-unsaturated/α-hetero) is 1. The van der Waals surface area contributed by atoms with Crippen molar-refractivity contribution in [3.8, 4) is 0 Å². The van der Waals surface area contributed by atoms with Crippen LogP contribution in [0.3, 0.4) is 0 Å². The van der Waals surface area contributed by atoms with E-state index in [9.17, 15) is 14.4 Å². The van der Waals surface area contributed by atoms with Crippen molar-refractivity contribution < 1.29 is 19.1 Å². The van der Waals surface area contributed by atoms with Gasteiger partial charge in [-0.1, -0.05) is 32.0 Å². The lowest BCUT2D eigenvalue weighted by atomic mass is 10.0. The van der Waals surface area contributed by atoms with Crippen LogP contribution in [-0.4, -0.2) is 24.3 Å². The van der Waals surface area contributed by atoms with Crippen LogP contribution >= 0.6 is 0 Å². The van der Waals surface area contributed by atoms with Crippen molar-refractivity contribution >= 4 is 23.3 Å². The molecule has 5 heteroatoms. The van der Waals surface area contributed by atoms with Gasteiger partial charge in [0.1, 0.15) is 5.78 Å². The molecule has 1 aromatic carbocycles. The van der Waals surface area contributed by atoms with Crippen molar-refractivity contribution in [2.45, 2.75) is 39.5 Å². The number of esters is 1. The first-order valence-electron chi connectivity index (χ1n) is 6.94. The van der Waals surface area contributed by atoms with E-state index in [1.165, 1.54) is 6.92 Å². The van der Waals surface area contributed by atoms with Crippen LogP contribution in [0.2, 0.25) is 0 Å². The summed E-state index contributed by atoms with van der Waals surface area (Å²) in [5.74, 6) is -0.737. The van der Waals surface area contributed by atoms with E-state index in [0.29, 0.717) is 0 Å². The number of nitrogens with one attached hydrogen (secondary N) is 1. The van der Waals surface area contributed by atoms with Crippen molar-refractivity contribution in [2.75, 3.05) is 11.9 Å². The SMILES string of the molecule is CC(=O)CCC(=O)OCC(=O)Nc1ccccc1C(C)C. The molecular formula is C16H21NO4. The molecule has 0 aliphatic carbocycles. The summed E-state index contributed by atoms with van der Waals surface area (Å²) in [7, 11) is 0. The van der Waals surface area contributed by atoms with E-state index in [2.05, 4.69) is 5.32 Å². The number of anilines is 1.